The van der Waals surface area contributed by atoms with Crippen molar-refractivity contribution in [3.05, 3.63) is 30.1 Å². The molecule has 0 saturated carbocycles. The molecular weight excluding hydrogens is 180 g/mol. The molecule has 1 unspecified atom stereocenters. The fourth-order valence-electron chi connectivity index (χ4n) is 1.79. The Morgan fingerprint density at radius 1 is 1.57 bits per heavy atom. The predicted octanol–water partition coefficient (Wildman–Crippen LogP) is 1.55. The van der Waals surface area contributed by atoms with Crippen molar-refractivity contribution < 1.29 is 9.90 Å². The van der Waals surface area contributed by atoms with Gasteiger partial charge in [-0.2, -0.15) is 0 Å². The summed E-state index contributed by atoms with van der Waals surface area (Å²) in [7, 11) is 0. The summed E-state index contributed by atoms with van der Waals surface area (Å²) < 4.78 is 0. The van der Waals surface area contributed by atoms with Gasteiger partial charge in [0.1, 0.15) is 0 Å². The Bertz CT molecular complexity index is 326. The Morgan fingerprint density at radius 3 is 3.00 bits per heavy atom. The lowest BCUT2D eigenvalue weighted by molar-refractivity contribution is 0.155. The summed E-state index contributed by atoms with van der Waals surface area (Å²) in [6.07, 6.45) is 1.80. The standard InChI is InChI=1S/C10H12N2O2/c13-10(14)12-6-4-8(7-12)9-3-1-2-5-11-9/h1-3,5,8H,4,6-7H2,(H,13,14). The van der Waals surface area contributed by atoms with Crippen LogP contribution in [-0.4, -0.2) is 34.2 Å². The van der Waals surface area contributed by atoms with E-state index in [1.165, 1.54) is 4.90 Å². The summed E-state index contributed by atoms with van der Waals surface area (Å²) in [5.74, 6) is 0.271. The van der Waals surface area contributed by atoms with Crippen LogP contribution in [0.2, 0.25) is 0 Å². The van der Waals surface area contributed by atoms with Gasteiger partial charge in [0.05, 0.1) is 0 Å². The number of carboxylic acid groups (broad SMARTS) is 1. The van der Waals surface area contributed by atoms with E-state index in [1.54, 1.807) is 6.20 Å². The summed E-state index contributed by atoms with van der Waals surface area (Å²) in [5, 5.41) is 8.78. The van der Waals surface area contributed by atoms with Gasteiger partial charge in [-0.1, -0.05) is 6.07 Å². The van der Waals surface area contributed by atoms with Crippen LogP contribution in [0.25, 0.3) is 0 Å². The smallest absolute Gasteiger partial charge is 0.407 e. The molecule has 1 aliphatic heterocycles. The molecule has 1 saturated heterocycles. The van der Waals surface area contributed by atoms with Crippen molar-refractivity contribution in [3.63, 3.8) is 0 Å². The molecule has 2 heterocycles. The Kier molecular flexibility index (Phi) is 2.35. The minimum Gasteiger partial charge on any atom is -0.465 e. The van der Waals surface area contributed by atoms with Crippen LogP contribution < -0.4 is 0 Å². The molecule has 4 heteroatoms. The summed E-state index contributed by atoms with van der Waals surface area (Å²) in [6.45, 7) is 1.20. The molecule has 1 aromatic rings. The zero-order chi connectivity index (χ0) is 9.97. The molecule has 0 spiro atoms. The van der Waals surface area contributed by atoms with Crippen molar-refractivity contribution in [2.45, 2.75) is 12.3 Å². The largest absolute Gasteiger partial charge is 0.465 e. The van der Waals surface area contributed by atoms with Crippen molar-refractivity contribution in [2.24, 2.45) is 0 Å². The number of likely N-dealkylation sites (tertiary alicyclic amines) is 1. The molecule has 14 heavy (non-hydrogen) atoms. The van der Waals surface area contributed by atoms with Crippen molar-refractivity contribution in [1.29, 1.82) is 0 Å². The zero-order valence-electron chi connectivity index (χ0n) is 7.76. The molecule has 0 aliphatic carbocycles. The zero-order valence-corrected chi connectivity index (χ0v) is 7.76. The number of aromatic nitrogens is 1. The second kappa shape index (κ2) is 3.65. The van der Waals surface area contributed by atoms with Crippen LogP contribution in [0.4, 0.5) is 4.79 Å². The van der Waals surface area contributed by atoms with Crippen molar-refractivity contribution in [2.75, 3.05) is 13.1 Å². The lowest BCUT2D eigenvalue weighted by atomic mass is 10.0. The number of hydrogen-bond donors (Lipinski definition) is 1. The molecule has 4 nitrogen and oxygen atoms in total. The minimum atomic E-state index is -0.830. The third-order valence-corrected chi connectivity index (χ3v) is 2.56. The van der Waals surface area contributed by atoms with Gasteiger partial charge in [-0.05, 0) is 18.6 Å². The number of pyridine rings is 1. The first-order valence-corrected chi connectivity index (χ1v) is 4.66. The minimum absolute atomic E-state index is 0.271. The molecule has 1 atom stereocenters. The number of rotatable bonds is 1. The van der Waals surface area contributed by atoms with Gasteiger partial charge in [0.25, 0.3) is 0 Å². The van der Waals surface area contributed by atoms with Gasteiger partial charge in [0.2, 0.25) is 0 Å². The van der Waals surface area contributed by atoms with Crippen LogP contribution in [0.3, 0.4) is 0 Å². The number of carbonyl (C=O) groups is 1. The Hall–Kier alpha value is -1.58. The molecular formula is C10H12N2O2. The van der Waals surface area contributed by atoms with Gasteiger partial charge in [0, 0.05) is 30.9 Å². The normalized spacial score (nSPS) is 21.1. The molecule has 1 aliphatic rings. The highest BCUT2D eigenvalue weighted by molar-refractivity contribution is 5.65. The van der Waals surface area contributed by atoms with Crippen molar-refractivity contribution >= 4 is 6.09 Å². The summed E-state index contributed by atoms with van der Waals surface area (Å²) in [5.41, 5.74) is 0.997. The third kappa shape index (κ3) is 1.69. The van der Waals surface area contributed by atoms with E-state index in [2.05, 4.69) is 4.98 Å². The topological polar surface area (TPSA) is 53.4 Å². The van der Waals surface area contributed by atoms with Gasteiger partial charge in [-0.3, -0.25) is 4.98 Å². The fourth-order valence-corrected chi connectivity index (χ4v) is 1.79. The SMILES string of the molecule is O=C(O)N1CCC(c2ccccn2)C1. The maximum Gasteiger partial charge on any atom is 0.407 e. The van der Waals surface area contributed by atoms with Crippen LogP contribution in [0.1, 0.15) is 18.0 Å². The van der Waals surface area contributed by atoms with E-state index in [0.717, 1.165) is 12.1 Å². The van der Waals surface area contributed by atoms with E-state index in [-0.39, 0.29) is 5.92 Å². The first-order chi connectivity index (χ1) is 6.77. The number of hydrogen-bond acceptors (Lipinski definition) is 2. The molecule has 74 valence electrons. The Morgan fingerprint density at radius 2 is 2.43 bits per heavy atom. The van der Waals surface area contributed by atoms with Crippen LogP contribution >= 0.6 is 0 Å². The average Bonchev–Trinajstić information content (AvgIpc) is 2.68. The van der Waals surface area contributed by atoms with Crippen LogP contribution in [0, 0.1) is 0 Å². The summed E-state index contributed by atoms with van der Waals surface area (Å²) >= 11 is 0. The van der Waals surface area contributed by atoms with E-state index in [4.69, 9.17) is 5.11 Å². The van der Waals surface area contributed by atoms with Crippen LogP contribution in [0.5, 0.6) is 0 Å². The average molecular weight is 192 g/mol. The monoisotopic (exact) mass is 192 g/mol. The molecule has 2 rings (SSSR count). The third-order valence-electron chi connectivity index (χ3n) is 2.56. The lowest BCUT2D eigenvalue weighted by Gasteiger charge is -2.11. The fraction of sp³-hybridized carbons (Fsp3) is 0.400. The molecule has 0 aromatic carbocycles. The first kappa shape index (κ1) is 8.99. The van der Waals surface area contributed by atoms with Gasteiger partial charge >= 0.3 is 6.09 Å². The summed E-state index contributed by atoms with van der Waals surface area (Å²) in [4.78, 5) is 16.4. The highest BCUT2D eigenvalue weighted by Crippen LogP contribution is 2.25. The highest BCUT2D eigenvalue weighted by atomic mass is 16.4. The molecule has 0 radical (unpaired) electrons. The molecule has 1 N–H and O–H groups in total. The second-order valence-corrected chi connectivity index (χ2v) is 3.47. The molecule has 1 amide bonds. The Balaban J connectivity index is 2.06. The van der Waals surface area contributed by atoms with E-state index in [9.17, 15) is 4.79 Å². The predicted molar refractivity (Wildman–Crippen MR) is 51.2 cm³/mol. The van der Waals surface area contributed by atoms with Gasteiger partial charge < -0.3 is 10.0 Å². The number of nitrogens with zero attached hydrogens (tertiary/aromatic N) is 2. The molecule has 1 fully saturated rings. The maximum atomic E-state index is 10.7. The lowest BCUT2D eigenvalue weighted by Crippen LogP contribution is -2.26. The van der Waals surface area contributed by atoms with Crippen LogP contribution in [-0.2, 0) is 0 Å². The van der Waals surface area contributed by atoms with Gasteiger partial charge in [-0.15, -0.1) is 0 Å². The van der Waals surface area contributed by atoms with Crippen LogP contribution in [0.15, 0.2) is 24.4 Å². The van der Waals surface area contributed by atoms with E-state index in [0.29, 0.717) is 13.1 Å². The van der Waals surface area contributed by atoms with Gasteiger partial charge in [-0.25, -0.2) is 4.79 Å². The first-order valence-electron chi connectivity index (χ1n) is 4.66. The van der Waals surface area contributed by atoms with Crippen molar-refractivity contribution in [1.82, 2.24) is 9.88 Å². The Labute approximate surface area is 82.2 Å². The number of amides is 1. The van der Waals surface area contributed by atoms with Gasteiger partial charge in [0.15, 0.2) is 0 Å². The van der Waals surface area contributed by atoms with E-state index < -0.39 is 6.09 Å². The second-order valence-electron chi connectivity index (χ2n) is 3.47. The van der Waals surface area contributed by atoms with E-state index in [1.807, 2.05) is 18.2 Å². The molecule has 1 aromatic heterocycles. The maximum absolute atomic E-state index is 10.7. The molecule has 0 bridgehead atoms. The summed E-state index contributed by atoms with van der Waals surface area (Å²) in [6, 6.07) is 5.76. The van der Waals surface area contributed by atoms with E-state index >= 15 is 0 Å². The quantitative estimate of drug-likeness (QED) is 0.734. The highest BCUT2D eigenvalue weighted by Gasteiger charge is 2.27. The van der Waals surface area contributed by atoms with Crippen molar-refractivity contribution in [3.8, 4) is 0 Å².